The first-order valence-corrected chi connectivity index (χ1v) is 6.85. The molecule has 0 unspecified atom stereocenters. The monoisotopic (exact) mass is 288 g/mol. The van der Waals surface area contributed by atoms with Crippen LogP contribution in [-0.4, -0.2) is 28.8 Å². The molecular formula is C11H13ClN2O3S. The van der Waals surface area contributed by atoms with Crippen LogP contribution in [-0.2, 0) is 9.53 Å². The van der Waals surface area contributed by atoms with E-state index in [9.17, 15) is 9.59 Å². The predicted octanol–water partition coefficient (Wildman–Crippen LogP) is 1.86. The molecule has 1 N–H and O–H groups in total. The molecule has 0 aromatic carbocycles. The third-order valence-corrected chi connectivity index (χ3v) is 4.79. The van der Waals surface area contributed by atoms with Gasteiger partial charge in [-0.25, -0.2) is 4.98 Å². The Labute approximate surface area is 113 Å². The average molecular weight is 289 g/mol. The van der Waals surface area contributed by atoms with Gasteiger partial charge in [-0.15, -0.1) is 11.8 Å². The summed E-state index contributed by atoms with van der Waals surface area (Å²) in [4.78, 5) is 29.0. The Morgan fingerprint density at radius 3 is 3.00 bits per heavy atom. The van der Waals surface area contributed by atoms with Crippen LogP contribution in [0.25, 0.3) is 0 Å². The van der Waals surface area contributed by atoms with E-state index in [-0.39, 0.29) is 22.0 Å². The number of carbonyl (C=O) groups is 1. The zero-order valence-electron chi connectivity index (χ0n) is 9.86. The molecule has 0 amide bonds. The number of H-pyrrole nitrogens is 1. The quantitative estimate of drug-likeness (QED) is 0.509. The lowest BCUT2D eigenvalue weighted by Gasteiger charge is -2.12. The van der Waals surface area contributed by atoms with E-state index in [1.165, 1.54) is 25.2 Å². The van der Waals surface area contributed by atoms with Gasteiger partial charge in [0.2, 0.25) is 0 Å². The zero-order valence-corrected chi connectivity index (χ0v) is 11.4. The summed E-state index contributed by atoms with van der Waals surface area (Å²) in [5, 5.41) is 0.618. The van der Waals surface area contributed by atoms with Crippen LogP contribution >= 0.6 is 23.4 Å². The molecule has 7 heteroatoms. The van der Waals surface area contributed by atoms with Gasteiger partial charge in [-0.1, -0.05) is 11.6 Å². The van der Waals surface area contributed by atoms with E-state index in [0.717, 1.165) is 18.6 Å². The molecule has 1 aliphatic carbocycles. The standard InChI is InChI=1S/C11H13ClN2O3S/c1-17-7(15)4-11(2-3-11)5-18-10-8(12)9(16)13-6-14-10/h6H,2-5H2,1H3,(H,13,14,16). The summed E-state index contributed by atoms with van der Waals surface area (Å²) in [5.74, 6) is 0.524. The Bertz CT molecular complexity index is 513. The fourth-order valence-electron chi connectivity index (χ4n) is 1.62. The molecule has 98 valence electrons. The van der Waals surface area contributed by atoms with Crippen LogP contribution in [0.5, 0.6) is 0 Å². The summed E-state index contributed by atoms with van der Waals surface area (Å²) in [7, 11) is 1.39. The summed E-state index contributed by atoms with van der Waals surface area (Å²) in [5.41, 5.74) is -0.349. The number of aromatic nitrogens is 2. The number of esters is 1. The van der Waals surface area contributed by atoms with E-state index in [1.807, 2.05) is 0 Å². The van der Waals surface area contributed by atoms with E-state index in [1.54, 1.807) is 0 Å². The van der Waals surface area contributed by atoms with Gasteiger partial charge in [0.1, 0.15) is 10.0 Å². The van der Waals surface area contributed by atoms with E-state index in [4.69, 9.17) is 11.6 Å². The zero-order chi connectivity index (χ0) is 13.2. The molecule has 0 atom stereocenters. The highest BCUT2D eigenvalue weighted by atomic mass is 35.5. The van der Waals surface area contributed by atoms with Crippen LogP contribution in [0, 0.1) is 5.41 Å². The number of hydrogen-bond acceptors (Lipinski definition) is 5. The molecule has 0 spiro atoms. The first kappa shape index (κ1) is 13.4. The van der Waals surface area contributed by atoms with Crippen molar-refractivity contribution < 1.29 is 9.53 Å². The number of aromatic amines is 1. The van der Waals surface area contributed by atoms with Crippen molar-refractivity contribution in [3.05, 3.63) is 21.7 Å². The van der Waals surface area contributed by atoms with Gasteiger partial charge in [0.05, 0.1) is 19.9 Å². The number of nitrogens with zero attached hydrogens (tertiary/aromatic N) is 1. The highest BCUT2D eigenvalue weighted by Crippen LogP contribution is 2.52. The molecule has 1 fully saturated rings. The maximum absolute atomic E-state index is 11.3. The van der Waals surface area contributed by atoms with Gasteiger partial charge in [0.25, 0.3) is 5.56 Å². The molecule has 2 rings (SSSR count). The summed E-state index contributed by atoms with van der Waals surface area (Å²) < 4.78 is 4.68. The normalized spacial score (nSPS) is 16.3. The number of halogens is 1. The van der Waals surface area contributed by atoms with Crippen LogP contribution in [0.3, 0.4) is 0 Å². The smallest absolute Gasteiger partial charge is 0.306 e. The number of hydrogen-bond donors (Lipinski definition) is 1. The largest absolute Gasteiger partial charge is 0.469 e. The highest BCUT2D eigenvalue weighted by Gasteiger charge is 2.44. The summed E-state index contributed by atoms with van der Waals surface area (Å²) >= 11 is 7.27. The molecule has 1 heterocycles. The van der Waals surface area contributed by atoms with Gasteiger partial charge in [0.15, 0.2) is 0 Å². The second kappa shape index (κ2) is 5.32. The summed E-state index contributed by atoms with van der Waals surface area (Å²) in [6.45, 7) is 0. The Morgan fingerprint density at radius 2 is 2.39 bits per heavy atom. The third-order valence-electron chi connectivity index (χ3n) is 2.98. The van der Waals surface area contributed by atoms with Crippen LogP contribution in [0.1, 0.15) is 19.3 Å². The molecule has 0 aliphatic heterocycles. The molecule has 1 aliphatic rings. The average Bonchev–Trinajstić information content (AvgIpc) is 3.11. The maximum Gasteiger partial charge on any atom is 0.306 e. The van der Waals surface area contributed by atoms with Gasteiger partial charge >= 0.3 is 5.97 Å². The number of rotatable bonds is 5. The van der Waals surface area contributed by atoms with Crippen LogP contribution < -0.4 is 5.56 Å². The minimum absolute atomic E-state index is 0.00856. The Hall–Kier alpha value is -1.01. The molecule has 1 aromatic rings. The Kier molecular flexibility index (Phi) is 3.97. The number of methoxy groups -OCH3 is 1. The number of thioether (sulfide) groups is 1. The maximum atomic E-state index is 11.3. The number of carbonyl (C=O) groups excluding carboxylic acids is 1. The van der Waals surface area contributed by atoms with Crippen molar-refractivity contribution >= 4 is 29.3 Å². The summed E-state index contributed by atoms with van der Waals surface area (Å²) in [6.07, 6.45) is 3.74. The number of nitrogens with one attached hydrogen (secondary N) is 1. The van der Waals surface area contributed by atoms with E-state index < -0.39 is 0 Å². The Morgan fingerprint density at radius 1 is 1.67 bits per heavy atom. The lowest BCUT2D eigenvalue weighted by Crippen LogP contribution is -2.14. The van der Waals surface area contributed by atoms with Crippen LogP contribution in [0.2, 0.25) is 5.02 Å². The van der Waals surface area contributed by atoms with E-state index in [0.29, 0.717) is 11.4 Å². The molecule has 1 saturated carbocycles. The van der Waals surface area contributed by atoms with Crippen LogP contribution in [0.15, 0.2) is 16.1 Å². The topological polar surface area (TPSA) is 72.0 Å². The SMILES string of the molecule is COC(=O)CC1(CSc2nc[nH]c(=O)c2Cl)CC1. The minimum Gasteiger partial charge on any atom is -0.469 e. The molecule has 5 nitrogen and oxygen atoms in total. The van der Waals surface area contributed by atoms with Crippen molar-refractivity contribution in [1.82, 2.24) is 9.97 Å². The number of ether oxygens (including phenoxy) is 1. The molecular weight excluding hydrogens is 276 g/mol. The van der Waals surface area contributed by atoms with E-state index in [2.05, 4.69) is 14.7 Å². The lowest BCUT2D eigenvalue weighted by atomic mass is 10.1. The van der Waals surface area contributed by atoms with Crippen molar-refractivity contribution in [1.29, 1.82) is 0 Å². The molecule has 18 heavy (non-hydrogen) atoms. The molecule has 0 saturated heterocycles. The highest BCUT2D eigenvalue weighted by molar-refractivity contribution is 7.99. The fraction of sp³-hybridized carbons (Fsp3) is 0.545. The van der Waals surface area contributed by atoms with Crippen molar-refractivity contribution in [3.8, 4) is 0 Å². The first-order valence-electron chi connectivity index (χ1n) is 5.49. The second-order valence-corrected chi connectivity index (χ2v) is 5.73. The molecule has 0 bridgehead atoms. The van der Waals surface area contributed by atoms with Gasteiger partial charge in [-0.3, -0.25) is 9.59 Å². The van der Waals surface area contributed by atoms with E-state index >= 15 is 0 Å². The van der Waals surface area contributed by atoms with Gasteiger partial charge < -0.3 is 9.72 Å². The third kappa shape index (κ3) is 3.05. The fourth-order valence-corrected chi connectivity index (χ4v) is 3.06. The first-order chi connectivity index (χ1) is 8.56. The Balaban J connectivity index is 1.98. The van der Waals surface area contributed by atoms with Crippen molar-refractivity contribution in [2.24, 2.45) is 5.41 Å². The van der Waals surface area contributed by atoms with Gasteiger partial charge in [-0.05, 0) is 18.3 Å². The van der Waals surface area contributed by atoms with Gasteiger partial charge in [-0.2, -0.15) is 0 Å². The predicted molar refractivity (Wildman–Crippen MR) is 68.9 cm³/mol. The van der Waals surface area contributed by atoms with Gasteiger partial charge in [0, 0.05) is 5.75 Å². The molecule has 1 aromatic heterocycles. The molecule has 0 radical (unpaired) electrons. The van der Waals surface area contributed by atoms with Crippen molar-refractivity contribution in [3.63, 3.8) is 0 Å². The minimum atomic E-state index is -0.341. The lowest BCUT2D eigenvalue weighted by molar-refractivity contribution is -0.141. The summed E-state index contributed by atoms with van der Waals surface area (Å²) in [6, 6.07) is 0. The van der Waals surface area contributed by atoms with Crippen molar-refractivity contribution in [2.75, 3.05) is 12.9 Å². The second-order valence-electron chi connectivity index (χ2n) is 4.39. The van der Waals surface area contributed by atoms with Crippen molar-refractivity contribution in [2.45, 2.75) is 24.3 Å². The van der Waals surface area contributed by atoms with Crippen LogP contribution in [0.4, 0.5) is 0 Å².